The van der Waals surface area contributed by atoms with Crippen LogP contribution < -0.4 is 10.6 Å². The molecule has 0 bridgehead atoms. The Bertz CT molecular complexity index is 1200. The standard InChI is InChI=1S/C22H15BrClF3N2O4/c23-13-5-1-11(2-6-13)15-9-10-16(33-15)18-17(19(30)12-3-7-14(24)8-4-12)21(32,22(25,26)27)29-20(31)28-18/h1-10,17-18,32H,(H2,28,29,31)/t17-,18-,21-/m0/s1. The average Bonchev–Trinajstić information content (AvgIpc) is 3.23. The van der Waals surface area contributed by atoms with Crippen molar-refractivity contribution < 1.29 is 32.3 Å². The molecule has 33 heavy (non-hydrogen) atoms. The van der Waals surface area contributed by atoms with Gasteiger partial charge in [0, 0.05) is 20.6 Å². The molecule has 2 amide bonds. The first kappa shape index (κ1) is 23.3. The number of halogens is 5. The smallest absolute Gasteiger partial charge is 0.437 e. The minimum absolute atomic E-state index is 0.127. The molecule has 2 heterocycles. The van der Waals surface area contributed by atoms with E-state index in [1.54, 1.807) is 24.3 Å². The van der Waals surface area contributed by atoms with E-state index in [1.165, 1.54) is 41.7 Å². The van der Waals surface area contributed by atoms with Crippen LogP contribution in [0, 0.1) is 5.92 Å². The van der Waals surface area contributed by atoms with Gasteiger partial charge in [-0.15, -0.1) is 0 Å². The molecule has 1 aliphatic heterocycles. The van der Waals surface area contributed by atoms with Crippen molar-refractivity contribution in [3.63, 3.8) is 0 Å². The number of benzene rings is 2. The number of carbonyl (C=O) groups is 2. The molecule has 3 aromatic rings. The Kier molecular flexibility index (Phi) is 6.02. The number of nitrogens with one attached hydrogen (secondary N) is 2. The fourth-order valence-electron chi connectivity index (χ4n) is 3.66. The van der Waals surface area contributed by atoms with Crippen LogP contribution in [0.15, 0.2) is 69.6 Å². The van der Waals surface area contributed by atoms with Gasteiger partial charge in [0.1, 0.15) is 23.5 Å². The fraction of sp³-hybridized carbons (Fsp3) is 0.182. The third-order valence-electron chi connectivity index (χ3n) is 5.28. The summed E-state index contributed by atoms with van der Waals surface area (Å²) < 4.78 is 48.5. The first-order chi connectivity index (χ1) is 15.5. The Morgan fingerprint density at radius 2 is 1.70 bits per heavy atom. The lowest BCUT2D eigenvalue weighted by Gasteiger charge is -2.44. The first-order valence-corrected chi connectivity index (χ1v) is 10.7. The highest BCUT2D eigenvalue weighted by atomic mass is 79.9. The lowest BCUT2D eigenvalue weighted by Crippen LogP contribution is -2.72. The van der Waals surface area contributed by atoms with Crippen LogP contribution in [0.2, 0.25) is 5.02 Å². The fourth-order valence-corrected chi connectivity index (χ4v) is 4.05. The van der Waals surface area contributed by atoms with E-state index in [9.17, 15) is 27.9 Å². The van der Waals surface area contributed by atoms with Crippen molar-refractivity contribution in [1.82, 2.24) is 10.6 Å². The molecule has 1 fully saturated rings. The van der Waals surface area contributed by atoms with Gasteiger partial charge in [-0.2, -0.15) is 13.2 Å². The van der Waals surface area contributed by atoms with E-state index < -0.39 is 35.7 Å². The number of furan rings is 1. The van der Waals surface area contributed by atoms with Gasteiger partial charge in [0.25, 0.3) is 0 Å². The zero-order valence-electron chi connectivity index (χ0n) is 16.5. The summed E-state index contributed by atoms with van der Waals surface area (Å²) in [5, 5.41) is 14.7. The van der Waals surface area contributed by atoms with Gasteiger partial charge in [-0.05, 0) is 48.5 Å². The minimum Gasteiger partial charge on any atom is -0.459 e. The number of Topliss-reactive ketones (excluding diaryl/α,β-unsaturated/α-hetero) is 1. The van der Waals surface area contributed by atoms with E-state index in [1.807, 2.05) is 0 Å². The normalized spacial score (nSPS) is 23.0. The van der Waals surface area contributed by atoms with Crippen LogP contribution in [0.1, 0.15) is 22.2 Å². The molecule has 0 aliphatic carbocycles. The predicted molar refractivity (Wildman–Crippen MR) is 117 cm³/mol. The quantitative estimate of drug-likeness (QED) is 0.381. The molecule has 2 aromatic carbocycles. The molecule has 172 valence electrons. The number of rotatable bonds is 4. The maximum absolute atomic E-state index is 14.0. The van der Waals surface area contributed by atoms with Crippen LogP contribution in [0.3, 0.4) is 0 Å². The van der Waals surface area contributed by atoms with Crippen molar-refractivity contribution in [2.45, 2.75) is 17.9 Å². The maximum Gasteiger partial charge on any atom is 0.437 e. The number of urea groups is 1. The van der Waals surface area contributed by atoms with E-state index in [4.69, 9.17) is 16.0 Å². The SMILES string of the molecule is O=C1N[C@@H](c2ccc(-c3ccc(Br)cc3)o2)[C@@H](C(=O)c2ccc(Cl)cc2)[C@](O)(C(F)(F)F)N1. The molecule has 6 nitrogen and oxygen atoms in total. The number of amides is 2. The lowest BCUT2D eigenvalue weighted by atomic mass is 9.79. The summed E-state index contributed by atoms with van der Waals surface area (Å²) >= 11 is 9.13. The molecule has 3 atom stereocenters. The second-order valence-corrected chi connectivity index (χ2v) is 8.75. The van der Waals surface area contributed by atoms with E-state index in [-0.39, 0.29) is 16.3 Å². The summed E-state index contributed by atoms with van der Waals surface area (Å²) in [6.07, 6.45) is -5.36. The zero-order chi connectivity index (χ0) is 24.0. The van der Waals surface area contributed by atoms with Crippen LogP contribution in [0.4, 0.5) is 18.0 Å². The van der Waals surface area contributed by atoms with Crippen LogP contribution in [0.5, 0.6) is 0 Å². The number of aliphatic hydroxyl groups is 1. The second-order valence-electron chi connectivity index (χ2n) is 7.40. The van der Waals surface area contributed by atoms with Gasteiger partial charge < -0.3 is 20.2 Å². The molecule has 3 N–H and O–H groups in total. The molecular weight excluding hydrogens is 529 g/mol. The monoisotopic (exact) mass is 542 g/mol. The highest BCUT2D eigenvalue weighted by molar-refractivity contribution is 9.10. The van der Waals surface area contributed by atoms with Crippen molar-refractivity contribution in [3.05, 3.63) is 81.5 Å². The van der Waals surface area contributed by atoms with Gasteiger partial charge >= 0.3 is 12.2 Å². The van der Waals surface area contributed by atoms with Crippen molar-refractivity contribution in [3.8, 4) is 11.3 Å². The van der Waals surface area contributed by atoms with Crippen molar-refractivity contribution in [2.75, 3.05) is 0 Å². The highest BCUT2D eigenvalue weighted by Crippen LogP contribution is 2.44. The van der Waals surface area contributed by atoms with Crippen LogP contribution in [-0.2, 0) is 0 Å². The maximum atomic E-state index is 14.0. The molecule has 11 heteroatoms. The Hall–Kier alpha value is -2.82. The van der Waals surface area contributed by atoms with E-state index in [0.717, 1.165) is 4.47 Å². The highest BCUT2D eigenvalue weighted by Gasteiger charge is 2.66. The van der Waals surface area contributed by atoms with Gasteiger partial charge in [-0.25, -0.2) is 4.79 Å². The second kappa shape index (κ2) is 8.51. The Morgan fingerprint density at radius 1 is 1.06 bits per heavy atom. The Morgan fingerprint density at radius 3 is 2.30 bits per heavy atom. The van der Waals surface area contributed by atoms with E-state index in [0.29, 0.717) is 11.3 Å². The number of ketones is 1. The number of alkyl halides is 3. The molecule has 0 unspecified atom stereocenters. The molecule has 0 saturated carbocycles. The van der Waals surface area contributed by atoms with E-state index >= 15 is 0 Å². The van der Waals surface area contributed by atoms with Gasteiger partial charge in [-0.3, -0.25) is 4.79 Å². The topological polar surface area (TPSA) is 91.6 Å². The molecule has 1 saturated heterocycles. The molecule has 1 aliphatic rings. The Balaban J connectivity index is 1.80. The zero-order valence-corrected chi connectivity index (χ0v) is 18.8. The van der Waals surface area contributed by atoms with Crippen molar-refractivity contribution in [1.29, 1.82) is 0 Å². The summed E-state index contributed by atoms with van der Waals surface area (Å²) in [6, 6.07) is 12.0. The summed E-state index contributed by atoms with van der Waals surface area (Å²) in [5.74, 6) is -3.08. The molecule has 1 aromatic heterocycles. The molecule has 0 radical (unpaired) electrons. The number of hydrogen-bond donors (Lipinski definition) is 3. The van der Waals surface area contributed by atoms with Crippen LogP contribution >= 0.6 is 27.5 Å². The van der Waals surface area contributed by atoms with Gasteiger partial charge in [0.15, 0.2) is 5.78 Å². The van der Waals surface area contributed by atoms with Crippen molar-refractivity contribution >= 4 is 39.3 Å². The lowest BCUT2D eigenvalue weighted by molar-refractivity contribution is -0.288. The third kappa shape index (κ3) is 4.38. The molecular formula is C22H15BrClF3N2O4. The summed E-state index contributed by atoms with van der Waals surface area (Å²) in [4.78, 5) is 25.4. The average molecular weight is 544 g/mol. The number of hydrogen-bond acceptors (Lipinski definition) is 4. The van der Waals surface area contributed by atoms with Crippen LogP contribution in [0.25, 0.3) is 11.3 Å². The van der Waals surface area contributed by atoms with Crippen molar-refractivity contribution in [2.24, 2.45) is 5.92 Å². The summed E-state index contributed by atoms with van der Waals surface area (Å²) in [6.45, 7) is 0. The molecule has 4 rings (SSSR count). The molecule has 0 spiro atoms. The largest absolute Gasteiger partial charge is 0.459 e. The third-order valence-corrected chi connectivity index (χ3v) is 6.06. The number of carbonyl (C=O) groups excluding carboxylic acids is 2. The Labute approximate surface area is 198 Å². The first-order valence-electron chi connectivity index (χ1n) is 9.53. The minimum atomic E-state index is -5.36. The van der Waals surface area contributed by atoms with E-state index in [2.05, 4.69) is 21.2 Å². The van der Waals surface area contributed by atoms with Gasteiger partial charge in [0.05, 0.1) is 0 Å². The summed E-state index contributed by atoms with van der Waals surface area (Å²) in [5.41, 5.74) is -3.35. The predicted octanol–water partition coefficient (Wildman–Crippen LogP) is 5.47. The van der Waals surface area contributed by atoms with Crippen LogP contribution in [-0.4, -0.2) is 28.8 Å². The summed E-state index contributed by atoms with van der Waals surface area (Å²) in [7, 11) is 0. The van der Waals surface area contributed by atoms with Gasteiger partial charge in [-0.1, -0.05) is 39.7 Å². The van der Waals surface area contributed by atoms with Gasteiger partial charge in [0.2, 0.25) is 5.72 Å².